The zero-order valence-electron chi connectivity index (χ0n) is 14.1. The number of aryl methyl sites for hydroxylation is 1. The standard InChI is InChI=1S/C19H17ClF2N4/c1-12-10-18(23-9-8-13-2-4-14(20)5-3-13)26-19(24-12)25-17-7-6-15(21)11-16(17)22/h2-7,10-11H,8-9H2,1H3,(H2,23,24,25,26). The Hall–Kier alpha value is -2.73. The molecular weight excluding hydrogens is 358 g/mol. The van der Waals surface area contributed by atoms with Crippen LogP contribution in [0, 0.1) is 18.6 Å². The minimum Gasteiger partial charge on any atom is -0.370 e. The molecule has 3 aromatic rings. The lowest BCUT2D eigenvalue weighted by Crippen LogP contribution is -2.09. The molecule has 134 valence electrons. The van der Waals surface area contributed by atoms with Crippen LogP contribution < -0.4 is 10.6 Å². The molecule has 0 unspecified atom stereocenters. The van der Waals surface area contributed by atoms with Crippen molar-refractivity contribution in [2.75, 3.05) is 17.2 Å². The van der Waals surface area contributed by atoms with Crippen LogP contribution in [0.5, 0.6) is 0 Å². The zero-order valence-corrected chi connectivity index (χ0v) is 14.8. The summed E-state index contributed by atoms with van der Waals surface area (Å²) in [5, 5.41) is 6.70. The highest BCUT2D eigenvalue weighted by atomic mass is 35.5. The number of nitrogens with zero attached hydrogens (tertiary/aromatic N) is 2. The van der Waals surface area contributed by atoms with Crippen LogP contribution in [-0.2, 0) is 6.42 Å². The third-order valence-corrected chi connectivity index (χ3v) is 3.92. The largest absolute Gasteiger partial charge is 0.370 e. The fourth-order valence-corrected chi connectivity index (χ4v) is 2.54. The van der Waals surface area contributed by atoms with E-state index < -0.39 is 11.6 Å². The average molecular weight is 375 g/mol. The number of aromatic nitrogens is 2. The highest BCUT2D eigenvalue weighted by Gasteiger charge is 2.07. The Balaban J connectivity index is 1.66. The van der Waals surface area contributed by atoms with Gasteiger partial charge in [0.1, 0.15) is 17.5 Å². The number of benzene rings is 2. The Morgan fingerprint density at radius 2 is 1.77 bits per heavy atom. The second-order valence-electron chi connectivity index (χ2n) is 5.77. The summed E-state index contributed by atoms with van der Waals surface area (Å²) in [4.78, 5) is 8.55. The maximum absolute atomic E-state index is 13.8. The van der Waals surface area contributed by atoms with Crippen LogP contribution in [0.2, 0.25) is 5.02 Å². The molecule has 0 aliphatic carbocycles. The molecule has 2 aromatic carbocycles. The first-order valence-corrected chi connectivity index (χ1v) is 8.43. The molecule has 0 aliphatic heterocycles. The van der Waals surface area contributed by atoms with E-state index >= 15 is 0 Å². The van der Waals surface area contributed by atoms with Gasteiger partial charge < -0.3 is 10.6 Å². The van der Waals surface area contributed by atoms with Gasteiger partial charge in [-0.3, -0.25) is 0 Å². The quantitative estimate of drug-likeness (QED) is 0.629. The van der Waals surface area contributed by atoms with Gasteiger partial charge in [-0.2, -0.15) is 4.98 Å². The van der Waals surface area contributed by atoms with Gasteiger partial charge in [0.2, 0.25) is 5.95 Å². The Kier molecular flexibility index (Phi) is 5.63. The highest BCUT2D eigenvalue weighted by molar-refractivity contribution is 6.30. The van der Waals surface area contributed by atoms with E-state index in [4.69, 9.17) is 11.6 Å². The Labute approximate surface area is 155 Å². The molecule has 1 heterocycles. The van der Waals surface area contributed by atoms with E-state index in [0.717, 1.165) is 23.7 Å². The third kappa shape index (κ3) is 4.89. The number of hydrogen-bond acceptors (Lipinski definition) is 4. The molecule has 4 nitrogen and oxygen atoms in total. The summed E-state index contributed by atoms with van der Waals surface area (Å²) in [6.45, 7) is 2.49. The summed E-state index contributed by atoms with van der Waals surface area (Å²) < 4.78 is 26.8. The van der Waals surface area contributed by atoms with Crippen molar-refractivity contribution in [3.8, 4) is 0 Å². The van der Waals surface area contributed by atoms with E-state index in [1.807, 2.05) is 31.2 Å². The van der Waals surface area contributed by atoms with Crippen LogP contribution in [0.3, 0.4) is 0 Å². The van der Waals surface area contributed by atoms with Crippen molar-refractivity contribution in [1.82, 2.24) is 9.97 Å². The maximum atomic E-state index is 13.8. The second kappa shape index (κ2) is 8.10. The number of nitrogens with one attached hydrogen (secondary N) is 2. The lowest BCUT2D eigenvalue weighted by Gasteiger charge is -2.10. The lowest BCUT2D eigenvalue weighted by atomic mass is 10.1. The van der Waals surface area contributed by atoms with Crippen molar-refractivity contribution in [3.05, 3.63) is 76.4 Å². The molecule has 3 rings (SSSR count). The summed E-state index contributed by atoms with van der Waals surface area (Å²) in [6, 6.07) is 12.7. The Bertz CT molecular complexity index is 901. The minimum atomic E-state index is -0.702. The molecule has 0 bridgehead atoms. The zero-order chi connectivity index (χ0) is 18.5. The van der Waals surface area contributed by atoms with Gasteiger partial charge in [-0.1, -0.05) is 23.7 Å². The first-order chi connectivity index (χ1) is 12.5. The van der Waals surface area contributed by atoms with E-state index in [-0.39, 0.29) is 11.6 Å². The smallest absolute Gasteiger partial charge is 0.229 e. The van der Waals surface area contributed by atoms with Crippen LogP contribution >= 0.6 is 11.6 Å². The van der Waals surface area contributed by atoms with Crippen molar-refractivity contribution in [1.29, 1.82) is 0 Å². The molecule has 0 saturated heterocycles. The predicted molar refractivity (Wildman–Crippen MR) is 100 cm³/mol. The summed E-state index contributed by atoms with van der Waals surface area (Å²) in [6.07, 6.45) is 0.801. The van der Waals surface area contributed by atoms with Gasteiger partial charge in [0, 0.05) is 29.4 Å². The van der Waals surface area contributed by atoms with Gasteiger partial charge in [0.15, 0.2) is 0 Å². The fraction of sp³-hybridized carbons (Fsp3) is 0.158. The van der Waals surface area contributed by atoms with E-state index in [9.17, 15) is 8.78 Å². The number of rotatable bonds is 6. The number of halogens is 3. The third-order valence-electron chi connectivity index (χ3n) is 3.66. The summed E-state index contributed by atoms with van der Waals surface area (Å²) in [7, 11) is 0. The molecular formula is C19H17ClF2N4. The van der Waals surface area contributed by atoms with Crippen molar-refractivity contribution < 1.29 is 8.78 Å². The predicted octanol–water partition coefficient (Wildman–Crippen LogP) is 5.11. The molecule has 1 aromatic heterocycles. The van der Waals surface area contributed by atoms with Crippen LogP contribution in [0.15, 0.2) is 48.5 Å². The van der Waals surface area contributed by atoms with E-state index in [0.29, 0.717) is 17.4 Å². The van der Waals surface area contributed by atoms with Gasteiger partial charge in [0.05, 0.1) is 5.69 Å². The summed E-state index contributed by atoms with van der Waals surface area (Å²) >= 11 is 5.88. The van der Waals surface area contributed by atoms with E-state index in [2.05, 4.69) is 20.6 Å². The first-order valence-electron chi connectivity index (χ1n) is 8.06. The lowest BCUT2D eigenvalue weighted by molar-refractivity contribution is 0.586. The Morgan fingerprint density at radius 1 is 1.00 bits per heavy atom. The van der Waals surface area contributed by atoms with Gasteiger partial charge >= 0.3 is 0 Å². The van der Waals surface area contributed by atoms with Gasteiger partial charge in [-0.15, -0.1) is 0 Å². The fourth-order valence-electron chi connectivity index (χ4n) is 2.41. The second-order valence-corrected chi connectivity index (χ2v) is 6.21. The molecule has 26 heavy (non-hydrogen) atoms. The van der Waals surface area contributed by atoms with Crippen LogP contribution in [-0.4, -0.2) is 16.5 Å². The topological polar surface area (TPSA) is 49.8 Å². The molecule has 0 amide bonds. The summed E-state index contributed by atoms with van der Waals surface area (Å²) in [5.41, 5.74) is 1.99. The van der Waals surface area contributed by atoms with Gasteiger partial charge in [-0.05, 0) is 43.2 Å². The number of anilines is 3. The van der Waals surface area contributed by atoms with Crippen molar-refractivity contribution in [3.63, 3.8) is 0 Å². The Morgan fingerprint density at radius 3 is 2.50 bits per heavy atom. The molecule has 0 aliphatic rings. The number of hydrogen-bond donors (Lipinski definition) is 2. The molecule has 0 radical (unpaired) electrons. The van der Waals surface area contributed by atoms with Crippen LogP contribution in [0.25, 0.3) is 0 Å². The van der Waals surface area contributed by atoms with Gasteiger partial charge in [0.25, 0.3) is 0 Å². The van der Waals surface area contributed by atoms with Crippen molar-refractivity contribution in [2.24, 2.45) is 0 Å². The van der Waals surface area contributed by atoms with Crippen molar-refractivity contribution >= 4 is 29.1 Å². The van der Waals surface area contributed by atoms with Gasteiger partial charge in [-0.25, -0.2) is 13.8 Å². The average Bonchev–Trinajstić information content (AvgIpc) is 2.59. The molecule has 2 N–H and O–H groups in total. The van der Waals surface area contributed by atoms with E-state index in [1.54, 1.807) is 6.07 Å². The monoisotopic (exact) mass is 374 g/mol. The molecule has 0 saturated carbocycles. The molecule has 0 fully saturated rings. The minimum absolute atomic E-state index is 0.115. The van der Waals surface area contributed by atoms with Crippen LogP contribution in [0.4, 0.5) is 26.2 Å². The molecule has 0 atom stereocenters. The van der Waals surface area contributed by atoms with Crippen LogP contribution in [0.1, 0.15) is 11.3 Å². The molecule has 0 spiro atoms. The van der Waals surface area contributed by atoms with Crippen molar-refractivity contribution in [2.45, 2.75) is 13.3 Å². The molecule has 7 heteroatoms. The summed E-state index contributed by atoms with van der Waals surface area (Å²) in [5.74, 6) is -0.476. The first kappa shape index (κ1) is 18.1. The highest BCUT2D eigenvalue weighted by Crippen LogP contribution is 2.20. The SMILES string of the molecule is Cc1cc(NCCc2ccc(Cl)cc2)nc(Nc2ccc(F)cc2F)n1. The maximum Gasteiger partial charge on any atom is 0.229 e. The van der Waals surface area contributed by atoms with E-state index in [1.165, 1.54) is 12.1 Å². The normalized spacial score (nSPS) is 10.6.